The van der Waals surface area contributed by atoms with Gasteiger partial charge in [-0.1, -0.05) is 24.1 Å². The van der Waals surface area contributed by atoms with Crippen LogP contribution in [0.25, 0.3) is 0 Å². The van der Waals surface area contributed by atoms with Crippen LogP contribution in [0, 0.1) is 11.8 Å². The number of hydrogen-bond donors (Lipinski definition) is 2. The fraction of sp³-hybridized carbons (Fsp3) is 0.385. The number of hydrogen-bond acceptors (Lipinski definition) is 3. The molecule has 0 aromatic heterocycles. The van der Waals surface area contributed by atoms with E-state index in [-0.39, 0.29) is 18.3 Å². The fourth-order valence-electron chi connectivity index (χ4n) is 1.55. The van der Waals surface area contributed by atoms with Crippen LogP contribution in [0.15, 0.2) is 24.3 Å². The largest absolute Gasteiger partial charge is 0.434 e. The summed E-state index contributed by atoms with van der Waals surface area (Å²) in [5.41, 5.74) is 6.24. The van der Waals surface area contributed by atoms with Crippen LogP contribution in [-0.4, -0.2) is 19.7 Å². The molecule has 0 amide bonds. The first-order valence-corrected chi connectivity index (χ1v) is 5.55. The zero-order valence-corrected chi connectivity index (χ0v) is 10.1. The molecule has 18 heavy (non-hydrogen) atoms. The van der Waals surface area contributed by atoms with E-state index in [1.165, 1.54) is 6.07 Å². The highest BCUT2D eigenvalue weighted by atomic mass is 19.3. The third-order valence-electron chi connectivity index (χ3n) is 2.36. The van der Waals surface area contributed by atoms with Crippen LogP contribution in [0.4, 0.5) is 8.78 Å². The second-order valence-electron chi connectivity index (χ2n) is 3.51. The van der Waals surface area contributed by atoms with Gasteiger partial charge in [0.25, 0.3) is 0 Å². The molecular weight excluding hydrogens is 238 g/mol. The number of para-hydroxylation sites is 1. The van der Waals surface area contributed by atoms with Gasteiger partial charge in [0, 0.05) is 18.2 Å². The van der Waals surface area contributed by atoms with Crippen molar-refractivity contribution < 1.29 is 13.5 Å². The topological polar surface area (TPSA) is 47.3 Å². The predicted molar refractivity (Wildman–Crippen MR) is 66.3 cm³/mol. The van der Waals surface area contributed by atoms with Gasteiger partial charge in [-0.05, 0) is 13.0 Å². The molecule has 0 fully saturated rings. The molecule has 0 aliphatic heterocycles. The van der Waals surface area contributed by atoms with E-state index in [1.54, 1.807) is 25.1 Å². The average molecular weight is 254 g/mol. The lowest BCUT2D eigenvalue weighted by Gasteiger charge is -2.19. The summed E-state index contributed by atoms with van der Waals surface area (Å²) in [7, 11) is 0. The Hall–Kier alpha value is -1.64. The predicted octanol–water partition coefficient (Wildman–Crippen LogP) is 1.90. The van der Waals surface area contributed by atoms with E-state index in [9.17, 15) is 8.78 Å². The van der Waals surface area contributed by atoms with Crippen molar-refractivity contribution in [3.63, 3.8) is 0 Å². The fourth-order valence-corrected chi connectivity index (χ4v) is 1.55. The summed E-state index contributed by atoms with van der Waals surface area (Å²) >= 11 is 0. The Morgan fingerprint density at radius 2 is 2.11 bits per heavy atom. The maximum Gasteiger partial charge on any atom is 0.387 e. The van der Waals surface area contributed by atoms with Crippen LogP contribution >= 0.6 is 0 Å². The molecule has 98 valence electrons. The van der Waals surface area contributed by atoms with Crippen LogP contribution in [-0.2, 0) is 0 Å². The Balaban J connectivity index is 2.85. The van der Waals surface area contributed by atoms with Crippen LogP contribution in [0.2, 0.25) is 0 Å². The Morgan fingerprint density at radius 1 is 1.39 bits per heavy atom. The highest BCUT2D eigenvalue weighted by Crippen LogP contribution is 2.25. The molecule has 1 atom stereocenters. The van der Waals surface area contributed by atoms with Crippen LogP contribution in [0.3, 0.4) is 0 Å². The molecule has 0 bridgehead atoms. The minimum absolute atomic E-state index is 0.139. The lowest BCUT2D eigenvalue weighted by atomic mass is 10.1. The van der Waals surface area contributed by atoms with E-state index in [0.717, 1.165) is 0 Å². The number of rotatable bonds is 6. The summed E-state index contributed by atoms with van der Waals surface area (Å²) in [6, 6.07) is 6.34. The van der Waals surface area contributed by atoms with Gasteiger partial charge >= 0.3 is 6.61 Å². The maximum absolute atomic E-state index is 12.3. The highest BCUT2D eigenvalue weighted by molar-refractivity contribution is 5.36. The molecule has 0 saturated heterocycles. The van der Waals surface area contributed by atoms with Crippen LogP contribution in [0.1, 0.15) is 18.5 Å². The van der Waals surface area contributed by atoms with Gasteiger partial charge in [0.2, 0.25) is 0 Å². The highest BCUT2D eigenvalue weighted by Gasteiger charge is 2.16. The lowest BCUT2D eigenvalue weighted by Crippen LogP contribution is -2.29. The third kappa shape index (κ3) is 4.32. The van der Waals surface area contributed by atoms with Gasteiger partial charge in [-0.2, -0.15) is 8.78 Å². The molecule has 0 aliphatic rings. The van der Waals surface area contributed by atoms with E-state index >= 15 is 0 Å². The average Bonchev–Trinajstić information content (AvgIpc) is 2.35. The zero-order chi connectivity index (χ0) is 13.4. The van der Waals surface area contributed by atoms with E-state index in [1.807, 2.05) is 0 Å². The molecule has 1 rings (SSSR count). The Labute approximate surface area is 105 Å². The van der Waals surface area contributed by atoms with Gasteiger partial charge < -0.3 is 10.5 Å². The van der Waals surface area contributed by atoms with Crippen molar-refractivity contribution >= 4 is 0 Å². The zero-order valence-electron chi connectivity index (χ0n) is 10.1. The van der Waals surface area contributed by atoms with Crippen LogP contribution in [0.5, 0.6) is 5.75 Å². The van der Waals surface area contributed by atoms with E-state index in [0.29, 0.717) is 12.1 Å². The standard InChI is InChI=1S/C13H16F2N2O/c1-2-3-8-17-11(9-16)10-6-4-5-7-12(10)18-13(14)15/h4-7,11,13,17H,8-9,16H2,1H3. The SMILES string of the molecule is CC#CCNC(CN)c1ccccc1OC(F)F. The Kier molecular flexibility index (Phi) is 6.12. The molecule has 0 spiro atoms. The number of nitrogens with two attached hydrogens (primary N) is 1. The van der Waals surface area contributed by atoms with Gasteiger partial charge in [-0.3, -0.25) is 5.32 Å². The molecule has 1 aromatic carbocycles. The summed E-state index contributed by atoms with van der Waals surface area (Å²) in [6.45, 7) is -0.399. The quantitative estimate of drug-likeness (QED) is 0.762. The first-order chi connectivity index (χ1) is 8.69. The molecule has 3 N–H and O–H groups in total. The molecule has 0 aliphatic carbocycles. The molecule has 1 unspecified atom stereocenters. The summed E-state index contributed by atoms with van der Waals surface area (Å²) in [4.78, 5) is 0. The van der Waals surface area contributed by atoms with Gasteiger partial charge in [0.05, 0.1) is 6.54 Å². The monoisotopic (exact) mass is 254 g/mol. The number of benzene rings is 1. The lowest BCUT2D eigenvalue weighted by molar-refractivity contribution is -0.0506. The van der Waals surface area contributed by atoms with E-state index < -0.39 is 6.61 Å². The number of ether oxygens (including phenoxy) is 1. The van der Waals surface area contributed by atoms with E-state index in [4.69, 9.17) is 5.73 Å². The molecule has 3 nitrogen and oxygen atoms in total. The van der Waals surface area contributed by atoms with Crippen molar-refractivity contribution in [2.45, 2.75) is 19.6 Å². The summed E-state index contributed by atoms with van der Waals surface area (Å²) in [6.07, 6.45) is 0. The molecule has 0 radical (unpaired) electrons. The summed E-state index contributed by atoms with van der Waals surface area (Å²) < 4.78 is 29.0. The Bertz CT molecular complexity index is 426. The first kappa shape index (κ1) is 14.4. The van der Waals surface area contributed by atoms with Crippen LogP contribution < -0.4 is 15.8 Å². The second-order valence-corrected chi connectivity index (χ2v) is 3.51. The van der Waals surface area contributed by atoms with Gasteiger partial charge in [0.15, 0.2) is 0 Å². The summed E-state index contributed by atoms with van der Waals surface area (Å²) in [5, 5.41) is 3.08. The van der Waals surface area contributed by atoms with Crippen molar-refractivity contribution in [3.8, 4) is 17.6 Å². The minimum Gasteiger partial charge on any atom is -0.434 e. The van der Waals surface area contributed by atoms with Crippen molar-refractivity contribution in [2.24, 2.45) is 5.73 Å². The molecular formula is C13H16F2N2O. The van der Waals surface area contributed by atoms with Crippen molar-refractivity contribution in [1.29, 1.82) is 0 Å². The minimum atomic E-state index is -2.85. The maximum atomic E-state index is 12.3. The molecule has 5 heteroatoms. The number of halogens is 2. The first-order valence-electron chi connectivity index (χ1n) is 5.55. The summed E-state index contributed by atoms with van der Waals surface area (Å²) in [5.74, 6) is 5.72. The van der Waals surface area contributed by atoms with Gasteiger partial charge in [-0.25, -0.2) is 0 Å². The Morgan fingerprint density at radius 3 is 2.72 bits per heavy atom. The van der Waals surface area contributed by atoms with Crippen molar-refractivity contribution in [2.75, 3.05) is 13.1 Å². The second kappa shape index (κ2) is 7.64. The van der Waals surface area contributed by atoms with Gasteiger partial charge in [0.1, 0.15) is 5.75 Å². The van der Waals surface area contributed by atoms with E-state index in [2.05, 4.69) is 21.9 Å². The molecule has 0 saturated carbocycles. The smallest absolute Gasteiger partial charge is 0.387 e. The van der Waals surface area contributed by atoms with Crippen molar-refractivity contribution in [3.05, 3.63) is 29.8 Å². The normalized spacial score (nSPS) is 11.8. The van der Waals surface area contributed by atoms with Crippen molar-refractivity contribution in [1.82, 2.24) is 5.32 Å². The number of nitrogens with one attached hydrogen (secondary N) is 1. The van der Waals surface area contributed by atoms with Gasteiger partial charge in [-0.15, -0.1) is 5.92 Å². The third-order valence-corrected chi connectivity index (χ3v) is 2.36. The number of alkyl halides is 2. The molecule has 1 aromatic rings. The molecule has 0 heterocycles.